The van der Waals surface area contributed by atoms with E-state index >= 15 is 0 Å². The first-order valence-corrected chi connectivity index (χ1v) is 8.57. The topological polar surface area (TPSA) is 63.2 Å². The number of halogens is 1. The summed E-state index contributed by atoms with van der Waals surface area (Å²) in [5, 5.41) is 5.80. The monoisotopic (exact) mass is 365 g/mol. The molecule has 0 aliphatic rings. The maximum atomic E-state index is 13.6. The molecule has 0 atom stereocenters. The van der Waals surface area contributed by atoms with Crippen LogP contribution < -0.4 is 15.4 Å². The van der Waals surface area contributed by atoms with E-state index in [0.29, 0.717) is 5.82 Å². The number of anilines is 3. The Morgan fingerprint density at radius 1 is 1.00 bits per heavy atom. The average molecular weight is 365 g/mol. The number of ether oxygens (including phenoxy) is 1. The summed E-state index contributed by atoms with van der Waals surface area (Å²) in [6.45, 7) is 3.95. The number of nitrogens with zero attached hydrogens (tertiary/aromatic N) is 1. The summed E-state index contributed by atoms with van der Waals surface area (Å²) in [6, 6.07) is 16.8. The molecule has 27 heavy (non-hydrogen) atoms. The highest BCUT2D eigenvalue weighted by molar-refractivity contribution is 6.03. The first kappa shape index (κ1) is 18.4. The SMILES string of the molecule is CC(C)Oc1ccc(Nc2ccc(NC(=O)c3ccccc3F)nc2)cc1. The first-order valence-electron chi connectivity index (χ1n) is 8.57. The molecule has 0 fully saturated rings. The quantitative estimate of drug-likeness (QED) is 0.645. The fraction of sp³-hybridized carbons (Fsp3) is 0.143. The Labute approximate surface area is 157 Å². The number of amides is 1. The molecule has 0 saturated carbocycles. The van der Waals surface area contributed by atoms with Gasteiger partial charge in [0.2, 0.25) is 0 Å². The zero-order chi connectivity index (χ0) is 19.2. The van der Waals surface area contributed by atoms with E-state index in [2.05, 4.69) is 15.6 Å². The third-order valence-corrected chi connectivity index (χ3v) is 3.64. The number of nitrogens with one attached hydrogen (secondary N) is 2. The number of hydrogen-bond acceptors (Lipinski definition) is 4. The summed E-state index contributed by atoms with van der Waals surface area (Å²) < 4.78 is 19.3. The molecule has 0 aliphatic heterocycles. The van der Waals surface area contributed by atoms with Crippen molar-refractivity contribution in [3.8, 4) is 5.75 Å². The molecule has 0 saturated heterocycles. The van der Waals surface area contributed by atoms with Crippen molar-refractivity contribution in [2.75, 3.05) is 10.6 Å². The molecule has 6 heteroatoms. The van der Waals surface area contributed by atoms with Crippen LogP contribution in [0.15, 0.2) is 66.9 Å². The minimum absolute atomic E-state index is 0.0230. The molecule has 138 valence electrons. The maximum Gasteiger partial charge on any atom is 0.259 e. The van der Waals surface area contributed by atoms with Gasteiger partial charge in [-0.2, -0.15) is 0 Å². The van der Waals surface area contributed by atoms with Crippen molar-refractivity contribution in [2.24, 2.45) is 0 Å². The molecule has 0 spiro atoms. The Kier molecular flexibility index (Phi) is 5.66. The molecule has 0 aliphatic carbocycles. The maximum absolute atomic E-state index is 13.6. The van der Waals surface area contributed by atoms with E-state index in [4.69, 9.17) is 4.74 Å². The van der Waals surface area contributed by atoms with Crippen molar-refractivity contribution < 1.29 is 13.9 Å². The summed E-state index contributed by atoms with van der Waals surface area (Å²) >= 11 is 0. The normalized spacial score (nSPS) is 10.5. The van der Waals surface area contributed by atoms with Crippen LogP contribution in [0.3, 0.4) is 0 Å². The fourth-order valence-electron chi connectivity index (χ4n) is 2.43. The Morgan fingerprint density at radius 3 is 2.33 bits per heavy atom. The number of hydrogen-bond donors (Lipinski definition) is 2. The zero-order valence-corrected chi connectivity index (χ0v) is 15.1. The van der Waals surface area contributed by atoms with Crippen molar-refractivity contribution in [1.82, 2.24) is 4.98 Å². The molecule has 2 aromatic carbocycles. The van der Waals surface area contributed by atoms with E-state index in [1.165, 1.54) is 18.2 Å². The smallest absolute Gasteiger partial charge is 0.259 e. The number of rotatable bonds is 6. The predicted octanol–water partition coefficient (Wildman–Crippen LogP) is 5.00. The van der Waals surface area contributed by atoms with Gasteiger partial charge in [0.1, 0.15) is 17.4 Å². The predicted molar refractivity (Wildman–Crippen MR) is 104 cm³/mol. The number of benzene rings is 2. The van der Waals surface area contributed by atoms with E-state index < -0.39 is 11.7 Å². The molecule has 1 aromatic heterocycles. The molecule has 5 nitrogen and oxygen atoms in total. The van der Waals surface area contributed by atoms with Crippen molar-refractivity contribution in [2.45, 2.75) is 20.0 Å². The third kappa shape index (κ3) is 5.04. The van der Waals surface area contributed by atoms with Gasteiger partial charge in [0.25, 0.3) is 5.91 Å². The van der Waals surface area contributed by atoms with Crippen LogP contribution in [-0.2, 0) is 0 Å². The van der Waals surface area contributed by atoms with Crippen molar-refractivity contribution in [3.05, 3.63) is 78.2 Å². The Balaban J connectivity index is 1.62. The molecule has 3 aromatic rings. The lowest BCUT2D eigenvalue weighted by Crippen LogP contribution is -2.14. The Bertz CT molecular complexity index is 909. The van der Waals surface area contributed by atoms with Crippen LogP contribution in [0.4, 0.5) is 21.6 Å². The Hall–Kier alpha value is -3.41. The van der Waals surface area contributed by atoms with Crippen molar-refractivity contribution in [3.63, 3.8) is 0 Å². The summed E-state index contributed by atoms with van der Waals surface area (Å²) in [5.74, 6) is 0.0367. The zero-order valence-electron chi connectivity index (χ0n) is 15.1. The van der Waals surface area contributed by atoms with Gasteiger partial charge in [-0.25, -0.2) is 9.37 Å². The lowest BCUT2D eigenvalue weighted by atomic mass is 10.2. The van der Waals surface area contributed by atoms with Gasteiger partial charge in [-0.05, 0) is 62.4 Å². The molecular formula is C21H20FN3O2. The van der Waals surface area contributed by atoms with Crippen LogP contribution in [0.2, 0.25) is 0 Å². The highest BCUT2D eigenvalue weighted by Crippen LogP contribution is 2.21. The van der Waals surface area contributed by atoms with Gasteiger partial charge < -0.3 is 15.4 Å². The number of carbonyl (C=O) groups is 1. The molecule has 0 radical (unpaired) electrons. The van der Waals surface area contributed by atoms with E-state index in [9.17, 15) is 9.18 Å². The average Bonchev–Trinajstić information content (AvgIpc) is 2.65. The van der Waals surface area contributed by atoms with E-state index in [1.54, 1.807) is 24.4 Å². The van der Waals surface area contributed by atoms with Crippen LogP contribution in [0, 0.1) is 5.82 Å². The van der Waals surface area contributed by atoms with Crippen LogP contribution in [0.25, 0.3) is 0 Å². The van der Waals surface area contributed by atoms with Crippen LogP contribution >= 0.6 is 0 Å². The van der Waals surface area contributed by atoms with Crippen LogP contribution in [0.1, 0.15) is 24.2 Å². The summed E-state index contributed by atoms with van der Waals surface area (Å²) in [7, 11) is 0. The molecule has 0 unspecified atom stereocenters. The van der Waals surface area contributed by atoms with Gasteiger partial charge in [-0.3, -0.25) is 4.79 Å². The van der Waals surface area contributed by atoms with Gasteiger partial charge in [0.15, 0.2) is 0 Å². The molecular weight excluding hydrogens is 345 g/mol. The molecule has 1 amide bonds. The highest BCUT2D eigenvalue weighted by atomic mass is 19.1. The first-order chi connectivity index (χ1) is 13.0. The second kappa shape index (κ2) is 8.31. The number of pyridine rings is 1. The molecule has 3 rings (SSSR count). The number of aromatic nitrogens is 1. The van der Waals surface area contributed by atoms with Gasteiger partial charge in [0, 0.05) is 5.69 Å². The van der Waals surface area contributed by atoms with Crippen LogP contribution in [0.5, 0.6) is 5.75 Å². The molecule has 2 N–H and O–H groups in total. The number of carbonyl (C=O) groups excluding carboxylic acids is 1. The van der Waals surface area contributed by atoms with Crippen LogP contribution in [-0.4, -0.2) is 17.0 Å². The fourth-order valence-corrected chi connectivity index (χ4v) is 2.43. The van der Waals surface area contributed by atoms with E-state index in [0.717, 1.165) is 17.1 Å². The third-order valence-electron chi connectivity index (χ3n) is 3.64. The van der Waals surface area contributed by atoms with Crippen molar-refractivity contribution in [1.29, 1.82) is 0 Å². The summed E-state index contributed by atoms with van der Waals surface area (Å²) in [4.78, 5) is 16.3. The largest absolute Gasteiger partial charge is 0.491 e. The van der Waals surface area contributed by atoms with Crippen molar-refractivity contribution >= 4 is 23.1 Å². The minimum Gasteiger partial charge on any atom is -0.491 e. The standard InChI is InChI=1S/C21H20FN3O2/c1-14(2)27-17-10-7-15(8-11-17)24-16-9-12-20(23-13-16)25-21(26)18-5-3-4-6-19(18)22/h3-14,24H,1-2H3,(H,23,25,26). The molecule has 0 bridgehead atoms. The highest BCUT2D eigenvalue weighted by Gasteiger charge is 2.11. The minimum atomic E-state index is -0.571. The summed E-state index contributed by atoms with van der Waals surface area (Å²) in [5.41, 5.74) is 1.62. The van der Waals surface area contributed by atoms with E-state index in [1.807, 2.05) is 38.1 Å². The lowest BCUT2D eigenvalue weighted by Gasteiger charge is -2.11. The van der Waals surface area contributed by atoms with E-state index in [-0.39, 0.29) is 11.7 Å². The second-order valence-electron chi connectivity index (χ2n) is 6.18. The second-order valence-corrected chi connectivity index (χ2v) is 6.18. The van der Waals surface area contributed by atoms with Gasteiger partial charge in [0.05, 0.1) is 23.6 Å². The van der Waals surface area contributed by atoms with Gasteiger partial charge >= 0.3 is 0 Å². The lowest BCUT2D eigenvalue weighted by molar-refractivity contribution is 0.102. The summed E-state index contributed by atoms with van der Waals surface area (Å²) in [6.07, 6.45) is 1.72. The Morgan fingerprint density at radius 2 is 1.70 bits per heavy atom. The molecule has 1 heterocycles. The van der Waals surface area contributed by atoms with Gasteiger partial charge in [-0.15, -0.1) is 0 Å². The van der Waals surface area contributed by atoms with Gasteiger partial charge in [-0.1, -0.05) is 12.1 Å².